The summed E-state index contributed by atoms with van der Waals surface area (Å²) in [4.78, 5) is 128. The van der Waals surface area contributed by atoms with Crippen LogP contribution in [0, 0.1) is 17.8 Å². The number of Topliss-reactive ketones (excluding diaryl/α,β-unsaturated/α-hetero) is 1. The Hall–Kier alpha value is -8.74. The summed E-state index contributed by atoms with van der Waals surface area (Å²) in [6.45, 7) is 11.3. The Labute approximate surface area is 475 Å². The van der Waals surface area contributed by atoms with Gasteiger partial charge in [-0.25, -0.2) is 33.6 Å². The molecule has 0 heterocycles. The van der Waals surface area contributed by atoms with E-state index >= 15 is 0 Å². The van der Waals surface area contributed by atoms with Crippen LogP contribution in [-0.4, -0.2) is 99.1 Å². The normalized spacial score (nSPS) is 16.0. The van der Waals surface area contributed by atoms with E-state index in [-0.39, 0.29) is 122 Å². The van der Waals surface area contributed by atoms with Gasteiger partial charge in [-0.15, -0.1) is 0 Å². The number of benzene rings is 4. The van der Waals surface area contributed by atoms with Crippen molar-refractivity contribution in [2.75, 3.05) is 39.6 Å². The van der Waals surface area contributed by atoms with Crippen LogP contribution in [-0.2, 0) is 47.6 Å². The van der Waals surface area contributed by atoms with Crippen molar-refractivity contribution < 1.29 is 90.6 Å². The molecule has 0 saturated heterocycles. The van der Waals surface area contributed by atoms with Crippen molar-refractivity contribution in [3.8, 4) is 17.2 Å². The average molecular weight is 1130 g/mol. The van der Waals surface area contributed by atoms with Crippen molar-refractivity contribution in [3.63, 3.8) is 0 Å². The van der Waals surface area contributed by atoms with Crippen molar-refractivity contribution in [1.82, 2.24) is 0 Å². The number of hydrogen-bond acceptors (Lipinski definition) is 19. The van der Waals surface area contributed by atoms with Gasteiger partial charge in [-0.2, -0.15) is 0 Å². The van der Waals surface area contributed by atoms with E-state index < -0.39 is 71.5 Å². The maximum absolute atomic E-state index is 13.7. The maximum atomic E-state index is 13.7. The fourth-order valence-corrected chi connectivity index (χ4v) is 8.74. The summed E-state index contributed by atoms with van der Waals surface area (Å²) >= 11 is 0. The summed E-state index contributed by atoms with van der Waals surface area (Å²) in [5.74, 6) is -7.84. The summed E-state index contributed by atoms with van der Waals surface area (Å²) in [7, 11) is 0. The zero-order valence-electron chi connectivity index (χ0n) is 46.2. The Morgan fingerprint density at radius 2 is 0.829 bits per heavy atom. The molecule has 0 radical (unpaired) electrons. The van der Waals surface area contributed by atoms with Crippen LogP contribution in [0.25, 0.3) is 0 Å². The number of hydrogen-bond donors (Lipinski definition) is 0. The molecule has 434 valence electrons. The summed E-state index contributed by atoms with van der Waals surface area (Å²) in [6, 6.07) is 20.3. The highest BCUT2D eigenvalue weighted by Gasteiger charge is 2.46. The molecule has 1 unspecified atom stereocenters. The lowest BCUT2D eigenvalue weighted by Gasteiger charge is -2.26. The van der Waals surface area contributed by atoms with Crippen LogP contribution in [0.4, 0.5) is 0 Å². The molecular weight excluding hydrogens is 1060 g/mol. The lowest BCUT2D eigenvalue weighted by Crippen LogP contribution is -2.30. The smallest absolute Gasteiger partial charge is 0.343 e. The van der Waals surface area contributed by atoms with Gasteiger partial charge in [0, 0.05) is 23.6 Å². The molecule has 19 heteroatoms. The molecule has 4 aromatic carbocycles. The first-order valence-corrected chi connectivity index (χ1v) is 27.6. The van der Waals surface area contributed by atoms with Gasteiger partial charge in [0.05, 0.1) is 73.7 Å². The van der Waals surface area contributed by atoms with E-state index in [1.165, 1.54) is 60.7 Å². The minimum Gasteiger partial charge on any atom is -0.463 e. The van der Waals surface area contributed by atoms with Crippen molar-refractivity contribution in [2.45, 2.75) is 103 Å². The Morgan fingerprint density at radius 3 is 1.29 bits per heavy atom. The zero-order chi connectivity index (χ0) is 59.0. The van der Waals surface area contributed by atoms with Gasteiger partial charge in [0.15, 0.2) is 5.78 Å². The monoisotopic (exact) mass is 1130 g/mol. The number of carbonyl (C=O) groups excluding carboxylic acids is 10. The summed E-state index contributed by atoms with van der Waals surface area (Å²) in [5, 5.41) is 0. The molecule has 0 spiro atoms. The number of rotatable bonds is 31. The van der Waals surface area contributed by atoms with Crippen molar-refractivity contribution in [2.24, 2.45) is 17.8 Å². The van der Waals surface area contributed by atoms with Crippen molar-refractivity contribution >= 4 is 59.5 Å². The molecule has 0 aromatic heterocycles. The SMILES string of the molecule is C=CC(=O)OCCCCOC(=O)c1ccc(C(=O)Oc2ccc(OC(=O)C3CCC(C(=O)Oc4ccc([C@@H]5CC5C(=O)c5ccc(C(=O)OCCCCOC(=O)C=C)cc5)c(C(=O)OCCCC)c4)CC3)cc2C(=O)OCCCC)cc1. The number of ether oxygens (including phenoxy) is 9. The minimum atomic E-state index is -0.847. The summed E-state index contributed by atoms with van der Waals surface area (Å²) < 4.78 is 48.6. The van der Waals surface area contributed by atoms with Gasteiger partial charge >= 0.3 is 53.7 Å². The van der Waals surface area contributed by atoms with Gasteiger partial charge in [-0.05, 0) is 149 Å². The second kappa shape index (κ2) is 31.9. The molecule has 0 bridgehead atoms. The van der Waals surface area contributed by atoms with E-state index in [9.17, 15) is 47.9 Å². The average Bonchev–Trinajstić information content (AvgIpc) is 4.50. The molecule has 2 fully saturated rings. The lowest BCUT2D eigenvalue weighted by atomic mass is 9.82. The molecular formula is C63H68O19. The molecule has 4 aromatic rings. The molecule has 2 aliphatic carbocycles. The maximum Gasteiger partial charge on any atom is 0.343 e. The number of unbranched alkanes of at least 4 members (excludes halogenated alkanes) is 4. The molecule has 2 aliphatic rings. The topological polar surface area (TPSA) is 254 Å². The quantitative estimate of drug-likeness (QED) is 0.0113. The van der Waals surface area contributed by atoms with Gasteiger partial charge < -0.3 is 42.6 Å². The second-order valence-corrected chi connectivity index (χ2v) is 19.6. The number of esters is 9. The first kappa shape index (κ1) is 62.5. The molecule has 82 heavy (non-hydrogen) atoms. The van der Waals surface area contributed by atoms with E-state index in [0.29, 0.717) is 56.1 Å². The Kier molecular flexibility index (Phi) is 24.3. The third-order valence-electron chi connectivity index (χ3n) is 13.6. The minimum absolute atomic E-state index is 0.00615. The molecule has 0 N–H and O–H groups in total. The fraction of sp³-hybridized carbons (Fsp3) is 0.397. The Balaban J connectivity index is 1.01. The molecule has 2 atom stereocenters. The first-order valence-electron chi connectivity index (χ1n) is 27.6. The summed E-state index contributed by atoms with van der Waals surface area (Å²) in [6.07, 6.45) is 8.38. The predicted octanol–water partition coefficient (Wildman–Crippen LogP) is 10.5. The Bertz CT molecular complexity index is 2950. The standard InChI is InChI=1S/C63H68O19/c1-5-9-31-78-62(72)51-37-46(27-29-48(51)49-39-50(49)56(66)40-15-17-41(18-16-40)57(67)76-35-13-11-33-74-54(64)7-3)80-59(69)43-23-25-44(26-24-43)60(70)81-47-28-30-53(52(38-47)63(73)79-32-10-6-2)82-61(71)45-21-19-42(20-22-45)58(68)77-36-14-12-34-75-55(65)8-4/h7-8,15-22,27-30,37-38,43-44,49-50H,3-6,9-14,23-26,31-36,39H2,1-2H3/t43?,44?,49-,50?/m0/s1. The van der Waals surface area contributed by atoms with E-state index in [2.05, 4.69) is 13.2 Å². The van der Waals surface area contributed by atoms with E-state index in [1.54, 1.807) is 24.3 Å². The first-order chi connectivity index (χ1) is 39.6. The number of ketones is 1. The van der Waals surface area contributed by atoms with Gasteiger partial charge in [-0.1, -0.05) is 58.0 Å². The highest BCUT2D eigenvalue weighted by Crippen LogP contribution is 2.51. The predicted molar refractivity (Wildman–Crippen MR) is 294 cm³/mol. The van der Waals surface area contributed by atoms with Gasteiger partial charge in [0.2, 0.25) is 0 Å². The van der Waals surface area contributed by atoms with Crippen molar-refractivity contribution in [1.29, 1.82) is 0 Å². The van der Waals surface area contributed by atoms with E-state index in [0.717, 1.165) is 25.0 Å². The molecule has 19 nitrogen and oxygen atoms in total. The van der Waals surface area contributed by atoms with Crippen molar-refractivity contribution in [3.05, 3.63) is 149 Å². The highest BCUT2D eigenvalue weighted by atomic mass is 16.6. The number of carbonyl (C=O) groups is 10. The fourth-order valence-electron chi connectivity index (χ4n) is 8.74. The highest BCUT2D eigenvalue weighted by molar-refractivity contribution is 6.02. The largest absolute Gasteiger partial charge is 0.463 e. The van der Waals surface area contributed by atoms with Crippen LogP contribution in [0.5, 0.6) is 17.2 Å². The van der Waals surface area contributed by atoms with Crippen LogP contribution in [0.2, 0.25) is 0 Å². The summed E-state index contributed by atoms with van der Waals surface area (Å²) in [5.41, 5.74) is 1.48. The van der Waals surface area contributed by atoms with Crippen LogP contribution in [0.1, 0.15) is 171 Å². The van der Waals surface area contributed by atoms with Gasteiger partial charge in [0.1, 0.15) is 22.8 Å². The second-order valence-electron chi connectivity index (χ2n) is 19.6. The lowest BCUT2D eigenvalue weighted by molar-refractivity contribution is -0.145. The molecule has 6 rings (SSSR count). The Morgan fingerprint density at radius 1 is 0.439 bits per heavy atom. The van der Waals surface area contributed by atoms with Crippen LogP contribution < -0.4 is 14.2 Å². The van der Waals surface area contributed by atoms with Crippen LogP contribution >= 0.6 is 0 Å². The van der Waals surface area contributed by atoms with E-state index in [4.69, 9.17) is 42.6 Å². The third-order valence-corrected chi connectivity index (χ3v) is 13.6. The molecule has 2 saturated carbocycles. The van der Waals surface area contributed by atoms with E-state index in [1.807, 2.05) is 13.8 Å². The third kappa shape index (κ3) is 18.7. The molecule has 0 aliphatic heterocycles. The van der Waals surface area contributed by atoms with Gasteiger partial charge in [-0.3, -0.25) is 14.4 Å². The molecule has 0 amide bonds. The van der Waals surface area contributed by atoms with Crippen LogP contribution in [0.3, 0.4) is 0 Å². The van der Waals surface area contributed by atoms with Gasteiger partial charge in [0.25, 0.3) is 0 Å². The van der Waals surface area contributed by atoms with Crippen LogP contribution in [0.15, 0.2) is 110 Å². The zero-order valence-corrected chi connectivity index (χ0v) is 46.2.